The minimum Gasteiger partial charge on any atom is -0.494 e. The molecular weight excluding hydrogens is 413 g/mol. The number of nitrogens with zero attached hydrogens (tertiary/aromatic N) is 4. The molecule has 164 valence electrons. The summed E-state index contributed by atoms with van der Waals surface area (Å²) in [6, 6.07) is 11.3. The molecule has 4 aromatic rings. The summed E-state index contributed by atoms with van der Waals surface area (Å²) in [6.07, 6.45) is 3.32. The van der Waals surface area contributed by atoms with Crippen LogP contribution in [-0.4, -0.2) is 41.4 Å². The van der Waals surface area contributed by atoms with Crippen molar-refractivity contribution in [2.75, 3.05) is 31.6 Å². The summed E-state index contributed by atoms with van der Waals surface area (Å²) in [7, 11) is 2.85. The Morgan fingerprint density at radius 3 is 2.66 bits per heavy atom. The lowest BCUT2D eigenvalue weighted by atomic mass is 10.1. The van der Waals surface area contributed by atoms with Crippen LogP contribution in [0.15, 0.2) is 55.0 Å². The van der Waals surface area contributed by atoms with E-state index in [0.29, 0.717) is 17.1 Å². The number of benzene rings is 2. The van der Waals surface area contributed by atoms with E-state index in [-0.39, 0.29) is 18.4 Å². The lowest BCUT2D eigenvalue weighted by molar-refractivity contribution is 0.0936. The van der Waals surface area contributed by atoms with E-state index in [1.165, 1.54) is 37.3 Å². The van der Waals surface area contributed by atoms with Crippen molar-refractivity contribution >= 4 is 28.4 Å². The molecule has 0 aliphatic heterocycles. The van der Waals surface area contributed by atoms with Gasteiger partial charge in [0.2, 0.25) is 0 Å². The van der Waals surface area contributed by atoms with Gasteiger partial charge in [-0.1, -0.05) is 0 Å². The number of aromatic nitrogens is 3. The third-order valence-electron chi connectivity index (χ3n) is 5.09. The second kappa shape index (κ2) is 8.64. The Balaban J connectivity index is 1.79. The van der Waals surface area contributed by atoms with Crippen LogP contribution in [-0.2, 0) is 4.74 Å². The highest BCUT2D eigenvalue weighted by molar-refractivity contribution is 6.08. The van der Waals surface area contributed by atoms with Crippen molar-refractivity contribution in [2.45, 2.75) is 6.92 Å². The van der Waals surface area contributed by atoms with E-state index < -0.39 is 5.82 Å². The van der Waals surface area contributed by atoms with Crippen LogP contribution < -0.4 is 15.4 Å². The van der Waals surface area contributed by atoms with Crippen molar-refractivity contribution in [3.8, 4) is 11.4 Å². The van der Waals surface area contributed by atoms with Gasteiger partial charge >= 0.3 is 0 Å². The minimum atomic E-state index is -0.515. The van der Waals surface area contributed by atoms with Gasteiger partial charge in [-0.25, -0.2) is 14.4 Å². The number of imidazole rings is 1. The molecule has 2 aromatic carbocycles. The average molecular weight is 435 g/mol. The Labute approximate surface area is 184 Å². The first-order valence-corrected chi connectivity index (χ1v) is 9.77. The van der Waals surface area contributed by atoms with Crippen LogP contribution in [0.3, 0.4) is 0 Å². The SMILES string of the molecule is COCN(C(=O)c1cc(C)c2ncn(-c3ccc(N)nc3)c2c1)c1ccc(F)c(OC)c1. The van der Waals surface area contributed by atoms with Crippen molar-refractivity contribution < 1.29 is 18.7 Å². The van der Waals surface area contributed by atoms with Crippen molar-refractivity contribution in [2.24, 2.45) is 0 Å². The largest absolute Gasteiger partial charge is 0.494 e. The number of methoxy groups -OCH3 is 2. The van der Waals surface area contributed by atoms with Crippen LogP contribution in [0.4, 0.5) is 15.9 Å². The molecule has 0 unspecified atom stereocenters. The summed E-state index contributed by atoms with van der Waals surface area (Å²) in [6.45, 7) is 1.87. The molecular formula is C23H22FN5O3. The summed E-state index contributed by atoms with van der Waals surface area (Å²) >= 11 is 0. The fourth-order valence-electron chi connectivity index (χ4n) is 3.51. The highest BCUT2D eigenvalue weighted by atomic mass is 19.1. The Morgan fingerprint density at radius 1 is 1.16 bits per heavy atom. The fourth-order valence-corrected chi connectivity index (χ4v) is 3.51. The van der Waals surface area contributed by atoms with Gasteiger partial charge in [0.1, 0.15) is 18.9 Å². The number of pyridine rings is 1. The molecule has 8 nitrogen and oxygen atoms in total. The lowest BCUT2D eigenvalue weighted by Gasteiger charge is -2.23. The first kappa shape index (κ1) is 21.3. The monoisotopic (exact) mass is 435 g/mol. The predicted octanol–water partition coefficient (Wildman–Crippen LogP) is 3.71. The predicted molar refractivity (Wildman–Crippen MR) is 120 cm³/mol. The van der Waals surface area contributed by atoms with Crippen molar-refractivity contribution in [1.29, 1.82) is 0 Å². The van der Waals surface area contributed by atoms with E-state index >= 15 is 0 Å². The smallest absolute Gasteiger partial charge is 0.260 e. The topological polar surface area (TPSA) is 95.5 Å². The van der Waals surface area contributed by atoms with Gasteiger partial charge in [-0.3, -0.25) is 14.3 Å². The van der Waals surface area contributed by atoms with Crippen molar-refractivity contribution in [1.82, 2.24) is 14.5 Å². The van der Waals surface area contributed by atoms with Crippen LogP contribution in [0.2, 0.25) is 0 Å². The number of hydrogen-bond donors (Lipinski definition) is 1. The molecule has 0 aliphatic carbocycles. The Bertz CT molecular complexity index is 1290. The van der Waals surface area contributed by atoms with Crippen LogP contribution >= 0.6 is 0 Å². The van der Waals surface area contributed by atoms with E-state index in [1.807, 2.05) is 17.6 Å². The zero-order valence-corrected chi connectivity index (χ0v) is 17.9. The molecule has 0 aliphatic rings. The van der Waals surface area contributed by atoms with Crippen LogP contribution in [0.5, 0.6) is 5.75 Å². The third-order valence-corrected chi connectivity index (χ3v) is 5.09. The van der Waals surface area contributed by atoms with E-state index in [0.717, 1.165) is 22.3 Å². The normalized spacial score (nSPS) is 11.0. The number of ether oxygens (including phenoxy) is 2. The first-order chi connectivity index (χ1) is 15.4. The van der Waals surface area contributed by atoms with Crippen LogP contribution in [0.1, 0.15) is 15.9 Å². The van der Waals surface area contributed by atoms with E-state index in [2.05, 4.69) is 9.97 Å². The zero-order chi connectivity index (χ0) is 22.8. The van der Waals surface area contributed by atoms with Gasteiger partial charge in [-0.2, -0.15) is 0 Å². The molecule has 0 spiro atoms. The number of nitrogens with two attached hydrogens (primary N) is 1. The zero-order valence-electron chi connectivity index (χ0n) is 17.9. The molecule has 0 bridgehead atoms. The van der Waals surface area contributed by atoms with Gasteiger partial charge < -0.3 is 15.2 Å². The Kier molecular flexibility index (Phi) is 5.74. The third kappa shape index (κ3) is 3.85. The standard InChI is InChI=1S/C23H22FN5O3/c1-14-8-15(9-19-22(14)27-12-28(19)17-5-7-21(25)26-11-17)23(30)29(13-31-2)16-4-6-18(24)20(10-16)32-3/h4-12H,13H2,1-3H3,(H2,25,26). The van der Waals surface area contributed by atoms with Gasteiger partial charge in [-0.15, -0.1) is 0 Å². The van der Waals surface area contributed by atoms with Crippen LogP contribution in [0.25, 0.3) is 16.7 Å². The summed E-state index contributed by atoms with van der Waals surface area (Å²) in [5.41, 5.74) is 9.69. The summed E-state index contributed by atoms with van der Waals surface area (Å²) < 4.78 is 26.0. The second-order valence-corrected chi connectivity index (χ2v) is 7.19. The average Bonchev–Trinajstić information content (AvgIpc) is 3.23. The number of carbonyl (C=O) groups excluding carboxylic acids is 1. The van der Waals surface area contributed by atoms with Gasteiger partial charge in [0.15, 0.2) is 11.6 Å². The summed E-state index contributed by atoms with van der Waals surface area (Å²) in [5, 5.41) is 0. The molecule has 2 aromatic heterocycles. The molecule has 1 amide bonds. The molecule has 0 saturated carbocycles. The number of hydrogen-bond acceptors (Lipinski definition) is 6. The Morgan fingerprint density at radius 2 is 1.97 bits per heavy atom. The van der Waals surface area contributed by atoms with E-state index in [9.17, 15) is 9.18 Å². The quantitative estimate of drug-likeness (QED) is 0.464. The number of nitrogen functional groups attached to an aromatic ring is 1. The number of anilines is 2. The highest BCUT2D eigenvalue weighted by Crippen LogP contribution is 2.28. The summed E-state index contributed by atoms with van der Waals surface area (Å²) in [5.74, 6) is -0.375. The van der Waals surface area contributed by atoms with E-state index in [4.69, 9.17) is 15.2 Å². The number of aryl methyl sites for hydroxylation is 1. The van der Waals surface area contributed by atoms with Gasteiger partial charge in [0, 0.05) is 18.7 Å². The highest BCUT2D eigenvalue weighted by Gasteiger charge is 2.21. The maximum atomic E-state index is 13.9. The fraction of sp³-hybridized carbons (Fsp3) is 0.174. The number of fused-ring (bicyclic) bond motifs is 1. The van der Waals surface area contributed by atoms with Gasteiger partial charge in [-0.05, 0) is 48.9 Å². The Hall–Kier alpha value is -3.98. The molecule has 0 saturated heterocycles. The minimum absolute atomic E-state index is 0.0220. The van der Waals surface area contributed by atoms with Crippen molar-refractivity contribution in [3.05, 3.63) is 71.9 Å². The second-order valence-electron chi connectivity index (χ2n) is 7.19. The molecule has 4 rings (SSSR count). The van der Waals surface area contributed by atoms with Gasteiger partial charge in [0.25, 0.3) is 5.91 Å². The van der Waals surface area contributed by atoms with Crippen LogP contribution in [0, 0.1) is 12.7 Å². The molecule has 0 radical (unpaired) electrons. The lowest BCUT2D eigenvalue weighted by Crippen LogP contribution is -2.33. The molecule has 9 heteroatoms. The van der Waals surface area contributed by atoms with Gasteiger partial charge in [0.05, 0.1) is 35.7 Å². The maximum Gasteiger partial charge on any atom is 0.260 e. The molecule has 0 fully saturated rings. The molecule has 2 N–H and O–H groups in total. The van der Waals surface area contributed by atoms with Crippen molar-refractivity contribution in [3.63, 3.8) is 0 Å². The molecule has 32 heavy (non-hydrogen) atoms. The first-order valence-electron chi connectivity index (χ1n) is 9.77. The number of rotatable bonds is 6. The number of amides is 1. The summed E-state index contributed by atoms with van der Waals surface area (Å²) in [4.78, 5) is 23.5. The number of halogens is 1. The molecule has 2 heterocycles. The maximum absolute atomic E-state index is 13.9. The molecule has 0 atom stereocenters. The van der Waals surface area contributed by atoms with E-state index in [1.54, 1.807) is 30.7 Å². The number of carbonyl (C=O) groups is 1.